The van der Waals surface area contributed by atoms with Crippen LogP contribution in [0.3, 0.4) is 0 Å². The SMILES string of the molecule is CN1CC(NC(=O)c2cccc(CNC(=O)N3CCc4cc(-c5cn[nH]c5)c(F)cc43)c2)C1. The fraction of sp³-hybridized carbons (Fsp3) is 0.292. The molecule has 0 bridgehead atoms. The number of aromatic nitrogens is 2. The quantitative estimate of drug-likeness (QED) is 0.559. The number of urea groups is 1. The van der Waals surface area contributed by atoms with Crippen LogP contribution in [0.2, 0.25) is 0 Å². The number of anilines is 1. The molecule has 0 radical (unpaired) electrons. The molecular weight excluding hydrogens is 423 g/mol. The number of nitrogens with one attached hydrogen (secondary N) is 3. The lowest BCUT2D eigenvalue weighted by Crippen LogP contribution is -2.57. The number of hydrogen-bond donors (Lipinski definition) is 3. The van der Waals surface area contributed by atoms with E-state index in [-0.39, 0.29) is 24.5 Å². The van der Waals surface area contributed by atoms with Crippen molar-refractivity contribution in [2.45, 2.75) is 19.0 Å². The van der Waals surface area contributed by atoms with Gasteiger partial charge in [-0.2, -0.15) is 5.10 Å². The number of nitrogens with zero attached hydrogens (tertiary/aromatic N) is 3. The summed E-state index contributed by atoms with van der Waals surface area (Å²) in [5.41, 5.74) is 4.03. The number of benzene rings is 2. The van der Waals surface area contributed by atoms with Gasteiger partial charge in [-0.1, -0.05) is 12.1 Å². The number of fused-ring (bicyclic) bond motifs is 1. The molecule has 3 aromatic rings. The monoisotopic (exact) mass is 448 g/mol. The summed E-state index contributed by atoms with van der Waals surface area (Å²) >= 11 is 0. The Balaban J connectivity index is 1.23. The number of rotatable bonds is 5. The second-order valence-electron chi connectivity index (χ2n) is 8.60. The van der Waals surface area contributed by atoms with Crippen molar-refractivity contribution in [1.82, 2.24) is 25.7 Å². The van der Waals surface area contributed by atoms with E-state index in [1.54, 1.807) is 41.6 Å². The second-order valence-corrected chi connectivity index (χ2v) is 8.60. The number of hydrogen-bond acceptors (Lipinski definition) is 4. The van der Waals surface area contributed by atoms with E-state index in [0.29, 0.717) is 35.3 Å². The van der Waals surface area contributed by atoms with Crippen LogP contribution in [-0.2, 0) is 13.0 Å². The van der Waals surface area contributed by atoms with Crippen LogP contribution in [0.5, 0.6) is 0 Å². The van der Waals surface area contributed by atoms with Gasteiger partial charge < -0.3 is 15.5 Å². The van der Waals surface area contributed by atoms with Gasteiger partial charge in [-0.15, -0.1) is 0 Å². The average molecular weight is 449 g/mol. The van der Waals surface area contributed by atoms with Gasteiger partial charge in [0.15, 0.2) is 0 Å². The van der Waals surface area contributed by atoms with E-state index in [9.17, 15) is 14.0 Å². The zero-order valence-electron chi connectivity index (χ0n) is 18.3. The Morgan fingerprint density at radius 1 is 1.24 bits per heavy atom. The maximum absolute atomic E-state index is 14.7. The van der Waals surface area contributed by atoms with Crippen LogP contribution in [0.25, 0.3) is 11.1 Å². The van der Waals surface area contributed by atoms with Crippen molar-refractivity contribution in [2.75, 3.05) is 31.6 Å². The number of halogens is 1. The molecule has 2 aliphatic heterocycles. The predicted molar refractivity (Wildman–Crippen MR) is 122 cm³/mol. The Bertz CT molecular complexity index is 1190. The van der Waals surface area contributed by atoms with Gasteiger partial charge in [-0.3, -0.25) is 14.8 Å². The molecule has 1 aromatic heterocycles. The molecule has 1 fully saturated rings. The largest absolute Gasteiger partial charge is 0.347 e. The normalized spacial score (nSPS) is 15.8. The first-order valence-corrected chi connectivity index (χ1v) is 10.9. The number of likely N-dealkylation sites (N-methyl/N-ethyl adjacent to an activating group) is 1. The van der Waals surface area contributed by atoms with Crippen LogP contribution in [0.15, 0.2) is 48.8 Å². The molecule has 0 saturated carbocycles. The number of H-pyrrole nitrogens is 1. The Hall–Kier alpha value is -3.72. The van der Waals surface area contributed by atoms with Crippen molar-refractivity contribution in [3.63, 3.8) is 0 Å². The maximum Gasteiger partial charge on any atom is 0.322 e. The van der Waals surface area contributed by atoms with E-state index in [2.05, 4.69) is 25.7 Å². The van der Waals surface area contributed by atoms with Gasteiger partial charge in [0, 0.05) is 49.1 Å². The third-order valence-electron chi connectivity index (χ3n) is 6.15. The predicted octanol–water partition coefficient (Wildman–Crippen LogP) is 2.53. The number of carbonyl (C=O) groups is 2. The molecule has 170 valence electrons. The summed E-state index contributed by atoms with van der Waals surface area (Å²) < 4.78 is 14.7. The molecule has 5 rings (SSSR count). The van der Waals surface area contributed by atoms with E-state index in [0.717, 1.165) is 24.2 Å². The smallest absolute Gasteiger partial charge is 0.322 e. The zero-order chi connectivity index (χ0) is 22.9. The molecule has 0 unspecified atom stereocenters. The molecule has 3 N–H and O–H groups in total. The molecule has 3 heterocycles. The van der Waals surface area contributed by atoms with E-state index in [1.165, 1.54) is 6.07 Å². The lowest BCUT2D eigenvalue weighted by Gasteiger charge is -2.36. The topological polar surface area (TPSA) is 93.4 Å². The maximum atomic E-state index is 14.7. The van der Waals surface area contributed by atoms with Crippen molar-refractivity contribution >= 4 is 17.6 Å². The fourth-order valence-corrected chi connectivity index (χ4v) is 4.40. The minimum absolute atomic E-state index is 0.112. The van der Waals surface area contributed by atoms with Crippen LogP contribution in [0.4, 0.5) is 14.9 Å². The lowest BCUT2D eigenvalue weighted by molar-refractivity contribution is 0.0857. The van der Waals surface area contributed by atoms with Gasteiger partial charge in [0.05, 0.1) is 17.9 Å². The van der Waals surface area contributed by atoms with Crippen molar-refractivity contribution in [3.8, 4) is 11.1 Å². The number of amides is 3. The van der Waals surface area contributed by atoms with Gasteiger partial charge >= 0.3 is 6.03 Å². The molecule has 33 heavy (non-hydrogen) atoms. The Kier molecular flexibility index (Phi) is 5.55. The molecule has 0 spiro atoms. The lowest BCUT2D eigenvalue weighted by atomic mass is 10.0. The standard InChI is InChI=1S/C24H25FN6O2/c1-30-13-19(14-30)29-23(32)17-4-2-3-15(7-17)10-26-24(33)31-6-5-16-8-20(18-11-27-28-12-18)21(25)9-22(16)31/h2-4,7-9,11-12,19H,5-6,10,13-14H2,1H3,(H,26,33)(H,27,28)(H,29,32). The molecule has 8 nitrogen and oxygen atoms in total. The third kappa shape index (κ3) is 4.31. The molecular formula is C24H25FN6O2. The summed E-state index contributed by atoms with van der Waals surface area (Å²) in [5, 5.41) is 12.5. The van der Waals surface area contributed by atoms with Crippen LogP contribution in [-0.4, -0.2) is 59.8 Å². The fourth-order valence-electron chi connectivity index (χ4n) is 4.40. The number of likely N-dealkylation sites (tertiary alicyclic amines) is 1. The zero-order valence-corrected chi connectivity index (χ0v) is 18.3. The average Bonchev–Trinajstić information content (AvgIpc) is 3.46. The van der Waals surface area contributed by atoms with Crippen LogP contribution in [0.1, 0.15) is 21.5 Å². The summed E-state index contributed by atoms with van der Waals surface area (Å²) in [4.78, 5) is 29.0. The van der Waals surface area contributed by atoms with Crippen molar-refractivity contribution in [2.24, 2.45) is 0 Å². The van der Waals surface area contributed by atoms with E-state index in [1.807, 2.05) is 13.1 Å². The summed E-state index contributed by atoms with van der Waals surface area (Å²) in [5.74, 6) is -0.509. The summed E-state index contributed by atoms with van der Waals surface area (Å²) in [7, 11) is 2.01. The van der Waals surface area contributed by atoms with E-state index < -0.39 is 5.82 Å². The van der Waals surface area contributed by atoms with Gasteiger partial charge in [-0.05, 0) is 48.9 Å². The van der Waals surface area contributed by atoms with Crippen LogP contribution in [0, 0.1) is 5.82 Å². The minimum atomic E-state index is -0.397. The summed E-state index contributed by atoms with van der Waals surface area (Å²) in [6, 6.07) is 10.3. The van der Waals surface area contributed by atoms with E-state index >= 15 is 0 Å². The van der Waals surface area contributed by atoms with Crippen molar-refractivity contribution < 1.29 is 14.0 Å². The first-order chi connectivity index (χ1) is 16.0. The molecule has 0 aliphatic carbocycles. The van der Waals surface area contributed by atoms with Crippen molar-refractivity contribution in [3.05, 3.63) is 71.3 Å². The van der Waals surface area contributed by atoms with Gasteiger partial charge in [0.1, 0.15) is 5.82 Å². The van der Waals surface area contributed by atoms with E-state index in [4.69, 9.17) is 0 Å². The second kappa shape index (κ2) is 8.67. The Morgan fingerprint density at radius 3 is 2.85 bits per heavy atom. The van der Waals surface area contributed by atoms with Gasteiger partial charge in [0.25, 0.3) is 5.91 Å². The Labute approximate surface area is 190 Å². The molecule has 0 atom stereocenters. The summed E-state index contributed by atoms with van der Waals surface area (Å²) in [6.45, 7) is 2.45. The minimum Gasteiger partial charge on any atom is -0.347 e. The molecule has 2 aromatic carbocycles. The highest BCUT2D eigenvalue weighted by molar-refractivity contribution is 5.95. The molecule has 1 saturated heterocycles. The molecule has 3 amide bonds. The van der Waals surface area contributed by atoms with Crippen LogP contribution < -0.4 is 15.5 Å². The molecule has 9 heteroatoms. The first-order valence-electron chi connectivity index (χ1n) is 10.9. The number of aromatic amines is 1. The van der Waals surface area contributed by atoms with Gasteiger partial charge in [-0.25, -0.2) is 9.18 Å². The van der Waals surface area contributed by atoms with Crippen LogP contribution >= 0.6 is 0 Å². The highest BCUT2D eigenvalue weighted by atomic mass is 19.1. The highest BCUT2D eigenvalue weighted by Gasteiger charge is 2.27. The summed E-state index contributed by atoms with van der Waals surface area (Å²) in [6.07, 6.45) is 3.87. The van der Waals surface area contributed by atoms with Crippen molar-refractivity contribution in [1.29, 1.82) is 0 Å². The molecule has 2 aliphatic rings. The van der Waals surface area contributed by atoms with Gasteiger partial charge in [0.2, 0.25) is 0 Å². The third-order valence-corrected chi connectivity index (χ3v) is 6.15. The Morgan fingerprint density at radius 2 is 2.09 bits per heavy atom. The first kappa shape index (κ1) is 21.1. The number of carbonyl (C=O) groups excluding carboxylic acids is 2. The highest BCUT2D eigenvalue weighted by Crippen LogP contribution is 2.34.